The second-order valence-corrected chi connectivity index (χ2v) is 6.30. The Bertz CT molecular complexity index is 350. The zero-order chi connectivity index (χ0) is 15.3. The Morgan fingerprint density at radius 1 is 1.25 bits per heavy atom. The standard InChI is InChI=1S/C14H27N3O3/c1-11(9-14(3,4)20-13(15)19)10-16-5-7-17(8-6-16)12(2)18/h11H,5-10H2,1-4H3,(H2,15,19)/t11-/m1/s1. The average Bonchev–Trinajstić information content (AvgIpc) is 2.26. The Hall–Kier alpha value is -1.30. The first-order chi connectivity index (χ1) is 9.19. The monoisotopic (exact) mass is 285 g/mol. The minimum Gasteiger partial charge on any atom is -0.444 e. The number of rotatable bonds is 5. The maximum Gasteiger partial charge on any atom is 0.405 e. The van der Waals surface area contributed by atoms with Gasteiger partial charge in [-0.05, 0) is 26.2 Å². The Labute approximate surface area is 121 Å². The summed E-state index contributed by atoms with van der Waals surface area (Å²) in [5, 5.41) is 0. The quantitative estimate of drug-likeness (QED) is 0.819. The van der Waals surface area contributed by atoms with E-state index in [2.05, 4.69) is 11.8 Å². The smallest absolute Gasteiger partial charge is 0.405 e. The highest BCUT2D eigenvalue weighted by molar-refractivity contribution is 5.73. The molecule has 0 aromatic rings. The van der Waals surface area contributed by atoms with Gasteiger partial charge in [0.2, 0.25) is 5.91 Å². The van der Waals surface area contributed by atoms with Gasteiger partial charge in [-0.3, -0.25) is 9.69 Å². The fraction of sp³-hybridized carbons (Fsp3) is 0.857. The average molecular weight is 285 g/mol. The van der Waals surface area contributed by atoms with Gasteiger partial charge in [0, 0.05) is 39.6 Å². The highest BCUT2D eigenvalue weighted by atomic mass is 16.6. The molecule has 1 aliphatic rings. The number of carbonyl (C=O) groups is 2. The first-order valence-electron chi connectivity index (χ1n) is 7.16. The summed E-state index contributed by atoms with van der Waals surface area (Å²) in [4.78, 5) is 26.3. The lowest BCUT2D eigenvalue weighted by atomic mass is 9.94. The van der Waals surface area contributed by atoms with Gasteiger partial charge in [-0.25, -0.2) is 4.79 Å². The van der Waals surface area contributed by atoms with Crippen molar-refractivity contribution in [3.63, 3.8) is 0 Å². The van der Waals surface area contributed by atoms with Crippen LogP contribution >= 0.6 is 0 Å². The van der Waals surface area contributed by atoms with Gasteiger partial charge in [0.15, 0.2) is 0 Å². The molecule has 1 fully saturated rings. The molecule has 6 heteroatoms. The number of nitrogens with two attached hydrogens (primary N) is 1. The summed E-state index contributed by atoms with van der Waals surface area (Å²) < 4.78 is 5.11. The van der Waals surface area contributed by atoms with Crippen LogP contribution in [0, 0.1) is 5.92 Å². The molecule has 0 radical (unpaired) electrons. The molecule has 6 nitrogen and oxygen atoms in total. The molecule has 116 valence electrons. The van der Waals surface area contributed by atoms with Crippen molar-refractivity contribution in [2.45, 2.75) is 39.7 Å². The topological polar surface area (TPSA) is 75.9 Å². The molecule has 0 saturated carbocycles. The molecule has 0 bridgehead atoms. The summed E-state index contributed by atoms with van der Waals surface area (Å²) >= 11 is 0. The fourth-order valence-electron chi connectivity index (χ4n) is 2.90. The van der Waals surface area contributed by atoms with E-state index in [1.807, 2.05) is 18.7 Å². The van der Waals surface area contributed by atoms with Gasteiger partial charge in [0.1, 0.15) is 5.60 Å². The molecule has 1 heterocycles. The number of amides is 2. The number of hydrogen-bond donors (Lipinski definition) is 1. The Morgan fingerprint density at radius 2 is 1.80 bits per heavy atom. The third-order valence-electron chi connectivity index (χ3n) is 3.60. The van der Waals surface area contributed by atoms with E-state index in [0.717, 1.165) is 39.1 Å². The lowest BCUT2D eigenvalue weighted by Crippen LogP contribution is -2.49. The molecule has 1 saturated heterocycles. The molecule has 0 unspecified atom stereocenters. The van der Waals surface area contributed by atoms with Crippen molar-refractivity contribution < 1.29 is 14.3 Å². The Morgan fingerprint density at radius 3 is 2.25 bits per heavy atom. The molecular weight excluding hydrogens is 258 g/mol. The zero-order valence-corrected chi connectivity index (χ0v) is 13.0. The number of primary amides is 1. The van der Waals surface area contributed by atoms with E-state index < -0.39 is 11.7 Å². The molecule has 20 heavy (non-hydrogen) atoms. The highest BCUT2D eigenvalue weighted by Gasteiger charge is 2.26. The van der Waals surface area contributed by atoms with Crippen molar-refractivity contribution in [3.05, 3.63) is 0 Å². The van der Waals surface area contributed by atoms with Crippen LogP contribution in [0.5, 0.6) is 0 Å². The van der Waals surface area contributed by atoms with Crippen LogP contribution in [0.15, 0.2) is 0 Å². The minimum absolute atomic E-state index is 0.147. The lowest BCUT2D eigenvalue weighted by Gasteiger charge is -2.36. The molecule has 2 amide bonds. The van der Waals surface area contributed by atoms with Gasteiger partial charge in [-0.2, -0.15) is 0 Å². The molecule has 0 aliphatic carbocycles. The van der Waals surface area contributed by atoms with Gasteiger partial charge in [-0.1, -0.05) is 6.92 Å². The largest absolute Gasteiger partial charge is 0.444 e. The summed E-state index contributed by atoms with van der Waals surface area (Å²) in [6.07, 6.45) is 0.0420. The molecular formula is C14H27N3O3. The number of piperazine rings is 1. The van der Waals surface area contributed by atoms with Gasteiger partial charge in [0.05, 0.1) is 0 Å². The Balaban J connectivity index is 2.35. The molecule has 0 aromatic heterocycles. The van der Waals surface area contributed by atoms with Crippen molar-refractivity contribution in [1.82, 2.24) is 9.80 Å². The number of ether oxygens (including phenoxy) is 1. The predicted molar refractivity (Wildman–Crippen MR) is 77.2 cm³/mol. The van der Waals surface area contributed by atoms with Crippen molar-refractivity contribution in [1.29, 1.82) is 0 Å². The van der Waals surface area contributed by atoms with Crippen LogP contribution in [-0.2, 0) is 9.53 Å². The van der Waals surface area contributed by atoms with Crippen LogP contribution in [0.2, 0.25) is 0 Å². The second-order valence-electron chi connectivity index (χ2n) is 6.30. The number of nitrogens with zero attached hydrogens (tertiary/aromatic N) is 2. The van der Waals surface area contributed by atoms with E-state index in [1.54, 1.807) is 6.92 Å². The molecule has 0 spiro atoms. The van der Waals surface area contributed by atoms with Crippen LogP contribution in [0.3, 0.4) is 0 Å². The highest BCUT2D eigenvalue weighted by Crippen LogP contribution is 2.21. The number of hydrogen-bond acceptors (Lipinski definition) is 4. The third-order valence-corrected chi connectivity index (χ3v) is 3.60. The first kappa shape index (κ1) is 16.8. The SMILES string of the molecule is CC(=O)N1CCN(C[C@H](C)CC(C)(C)OC(N)=O)CC1. The number of carbonyl (C=O) groups excluding carboxylic acids is 2. The summed E-state index contributed by atoms with van der Waals surface area (Å²) in [6.45, 7) is 11.8. The predicted octanol–water partition coefficient (Wildman–Crippen LogP) is 1.05. The van der Waals surface area contributed by atoms with Gasteiger partial charge < -0.3 is 15.4 Å². The van der Waals surface area contributed by atoms with E-state index in [9.17, 15) is 9.59 Å². The Kier molecular flexibility index (Phi) is 5.80. The molecule has 0 aromatic carbocycles. The summed E-state index contributed by atoms with van der Waals surface area (Å²) in [5.41, 5.74) is 4.54. The second kappa shape index (κ2) is 6.92. The third kappa shape index (κ3) is 5.77. The maximum absolute atomic E-state index is 11.3. The normalized spacial score (nSPS) is 18.7. The molecule has 1 atom stereocenters. The minimum atomic E-state index is -0.725. The fourth-order valence-corrected chi connectivity index (χ4v) is 2.90. The van der Waals surface area contributed by atoms with E-state index in [-0.39, 0.29) is 5.91 Å². The molecule has 1 aliphatic heterocycles. The van der Waals surface area contributed by atoms with E-state index in [1.165, 1.54) is 0 Å². The van der Waals surface area contributed by atoms with Crippen molar-refractivity contribution in [2.75, 3.05) is 32.7 Å². The van der Waals surface area contributed by atoms with Crippen LogP contribution < -0.4 is 5.73 Å². The van der Waals surface area contributed by atoms with Crippen molar-refractivity contribution >= 4 is 12.0 Å². The van der Waals surface area contributed by atoms with Crippen LogP contribution in [-0.4, -0.2) is 60.1 Å². The first-order valence-corrected chi connectivity index (χ1v) is 7.16. The van der Waals surface area contributed by atoms with Gasteiger partial charge >= 0.3 is 6.09 Å². The summed E-state index contributed by atoms with van der Waals surface area (Å²) in [6, 6.07) is 0. The van der Waals surface area contributed by atoms with Crippen LogP contribution in [0.1, 0.15) is 34.1 Å². The zero-order valence-electron chi connectivity index (χ0n) is 13.0. The van der Waals surface area contributed by atoms with E-state index in [4.69, 9.17) is 10.5 Å². The maximum atomic E-state index is 11.3. The van der Waals surface area contributed by atoms with Crippen molar-refractivity contribution in [3.8, 4) is 0 Å². The summed E-state index contributed by atoms with van der Waals surface area (Å²) in [5.74, 6) is 0.543. The van der Waals surface area contributed by atoms with Crippen LogP contribution in [0.25, 0.3) is 0 Å². The van der Waals surface area contributed by atoms with E-state index in [0.29, 0.717) is 5.92 Å². The molecule has 1 rings (SSSR count). The van der Waals surface area contributed by atoms with Gasteiger partial charge in [-0.15, -0.1) is 0 Å². The van der Waals surface area contributed by atoms with Gasteiger partial charge in [0.25, 0.3) is 0 Å². The van der Waals surface area contributed by atoms with Crippen molar-refractivity contribution in [2.24, 2.45) is 11.7 Å². The van der Waals surface area contributed by atoms with Crippen LogP contribution in [0.4, 0.5) is 4.79 Å². The summed E-state index contributed by atoms with van der Waals surface area (Å²) in [7, 11) is 0. The molecule has 2 N–H and O–H groups in total. The lowest BCUT2D eigenvalue weighted by molar-refractivity contribution is -0.130. The van der Waals surface area contributed by atoms with E-state index >= 15 is 0 Å².